The van der Waals surface area contributed by atoms with Crippen LogP contribution in [-0.2, 0) is 14.3 Å². The Morgan fingerprint density at radius 2 is 1.95 bits per heavy atom. The second-order valence-corrected chi connectivity index (χ2v) is 12.5. The summed E-state index contributed by atoms with van der Waals surface area (Å²) in [6.07, 6.45) is 2.19. The van der Waals surface area contributed by atoms with Crippen molar-refractivity contribution >= 4 is 29.2 Å². The number of carbonyl (C=O) groups is 2. The first-order valence-corrected chi connectivity index (χ1v) is 14.3. The van der Waals surface area contributed by atoms with E-state index in [9.17, 15) is 24.9 Å². The third-order valence-electron chi connectivity index (χ3n) is 8.31. The van der Waals surface area contributed by atoms with Crippen LogP contribution in [0.15, 0.2) is 11.0 Å². The van der Waals surface area contributed by atoms with Crippen LogP contribution in [0.25, 0.3) is 6.08 Å². The van der Waals surface area contributed by atoms with E-state index in [0.29, 0.717) is 13.0 Å². The molecule has 37 heavy (non-hydrogen) atoms. The summed E-state index contributed by atoms with van der Waals surface area (Å²) in [5, 5.41) is 34.3. The number of β-amino-alcohol motifs (C(OH)–C–C–N with tert-alkyl or cyclic N) is 1. The molecule has 3 heterocycles. The first-order valence-electron chi connectivity index (χ1n) is 13.4. The molecule has 0 radical (unpaired) electrons. The Labute approximate surface area is 224 Å². The van der Waals surface area contributed by atoms with Crippen molar-refractivity contribution in [3.05, 3.63) is 21.7 Å². The number of aromatic nitrogens is 1. The van der Waals surface area contributed by atoms with Gasteiger partial charge in [-0.3, -0.25) is 14.5 Å². The van der Waals surface area contributed by atoms with E-state index in [4.69, 9.17) is 4.74 Å². The molecule has 0 amide bonds. The lowest BCUT2D eigenvalue weighted by atomic mass is 9.73. The second kappa shape index (κ2) is 12.5. The van der Waals surface area contributed by atoms with Crippen molar-refractivity contribution in [2.45, 2.75) is 104 Å². The molecule has 0 saturated carbocycles. The van der Waals surface area contributed by atoms with Crippen LogP contribution in [0.1, 0.15) is 77.4 Å². The molecular formula is C28H44N2O6S. The molecule has 1 aromatic rings. The first-order chi connectivity index (χ1) is 17.4. The predicted molar refractivity (Wildman–Crippen MR) is 144 cm³/mol. The summed E-state index contributed by atoms with van der Waals surface area (Å²) in [5.41, 5.74) is 0.467. The van der Waals surface area contributed by atoms with Crippen molar-refractivity contribution in [1.82, 2.24) is 9.88 Å². The zero-order valence-electron chi connectivity index (χ0n) is 23.0. The largest absolute Gasteiger partial charge is 0.458 e. The summed E-state index contributed by atoms with van der Waals surface area (Å²) in [7, 11) is 0. The molecule has 0 bridgehead atoms. The van der Waals surface area contributed by atoms with Crippen molar-refractivity contribution in [3.8, 4) is 0 Å². The van der Waals surface area contributed by atoms with Gasteiger partial charge in [0.05, 0.1) is 41.4 Å². The normalized spacial score (nSPS) is 36.1. The SMILES string of the molecule is C/C(=C\c1csc(C)n1)C1CC2C(CCCC(C)[C@H](O)C(C)C(=O)C(C)(C)C(O)CC(=O)O1)[N@]2CCO. The molecule has 8 atom stereocenters. The number of Topliss-reactive ketones (excluding diaryl/α,β-unsaturated/α-hetero) is 1. The number of nitrogens with zero attached hydrogens (tertiary/aromatic N) is 2. The van der Waals surface area contributed by atoms with Crippen LogP contribution in [0.4, 0.5) is 0 Å². The molecule has 0 spiro atoms. The fraction of sp³-hybridized carbons (Fsp3) is 0.750. The van der Waals surface area contributed by atoms with Gasteiger partial charge < -0.3 is 20.1 Å². The maximum atomic E-state index is 13.3. The quantitative estimate of drug-likeness (QED) is 0.396. The molecule has 6 unspecified atom stereocenters. The highest BCUT2D eigenvalue weighted by Gasteiger charge is 2.48. The summed E-state index contributed by atoms with van der Waals surface area (Å²) in [4.78, 5) is 33.1. The molecule has 3 rings (SSSR count). The number of thiazole rings is 1. The molecule has 3 N–H and O–H groups in total. The highest BCUT2D eigenvalue weighted by molar-refractivity contribution is 7.09. The monoisotopic (exact) mass is 536 g/mol. The molecule has 2 saturated heterocycles. The number of hydrogen-bond donors (Lipinski definition) is 3. The highest BCUT2D eigenvalue weighted by atomic mass is 32.1. The van der Waals surface area contributed by atoms with Gasteiger partial charge in [0.2, 0.25) is 0 Å². The third kappa shape index (κ3) is 7.26. The summed E-state index contributed by atoms with van der Waals surface area (Å²) >= 11 is 1.55. The van der Waals surface area contributed by atoms with E-state index in [1.54, 1.807) is 32.1 Å². The number of aryl methyl sites for hydroxylation is 1. The molecule has 9 heteroatoms. The number of ketones is 1. The Bertz CT molecular complexity index is 976. The van der Waals surface area contributed by atoms with Gasteiger partial charge in [0.1, 0.15) is 11.9 Å². The molecule has 0 aromatic carbocycles. The lowest BCUT2D eigenvalue weighted by Gasteiger charge is -2.34. The number of cyclic esters (lactones) is 1. The number of hydrogen-bond acceptors (Lipinski definition) is 9. The van der Waals surface area contributed by atoms with Crippen LogP contribution in [0.3, 0.4) is 0 Å². The summed E-state index contributed by atoms with van der Waals surface area (Å²) in [5.74, 6) is -1.57. The lowest BCUT2D eigenvalue weighted by molar-refractivity contribution is -0.154. The minimum absolute atomic E-state index is 0.0559. The average Bonchev–Trinajstić information content (AvgIpc) is 3.29. The van der Waals surface area contributed by atoms with Gasteiger partial charge in [-0.05, 0) is 44.3 Å². The lowest BCUT2D eigenvalue weighted by Crippen LogP contribution is -2.45. The van der Waals surface area contributed by atoms with E-state index in [2.05, 4.69) is 9.88 Å². The zero-order chi connectivity index (χ0) is 27.5. The molecular weight excluding hydrogens is 492 g/mol. The minimum atomic E-state index is -1.24. The van der Waals surface area contributed by atoms with E-state index in [0.717, 1.165) is 35.5 Å². The van der Waals surface area contributed by atoms with Crippen molar-refractivity contribution in [2.24, 2.45) is 17.3 Å². The van der Waals surface area contributed by atoms with Crippen LogP contribution >= 0.6 is 11.3 Å². The summed E-state index contributed by atoms with van der Waals surface area (Å²) < 4.78 is 5.94. The number of fused-ring (bicyclic) bond motifs is 1. The van der Waals surface area contributed by atoms with Gasteiger partial charge in [-0.15, -0.1) is 11.3 Å². The maximum absolute atomic E-state index is 13.3. The Hall–Kier alpha value is -1.65. The average molecular weight is 537 g/mol. The van der Waals surface area contributed by atoms with E-state index in [-0.39, 0.29) is 36.8 Å². The van der Waals surface area contributed by atoms with Gasteiger partial charge in [0, 0.05) is 36.3 Å². The van der Waals surface area contributed by atoms with Crippen LogP contribution in [0.2, 0.25) is 0 Å². The molecule has 2 aliphatic rings. The zero-order valence-corrected chi connectivity index (χ0v) is 23.8. The van der Waals surface area contributed by atoms with Crippen LogP contribution in [-0.4, -0.2) is 80.5 Å². The number of esters is 1. The molecule has 1 aromatic heterocycles. The number of rotatable bonds is 4. The fourth-order valence-electron chi connectivity index (χ4n) is 5.65. The Balaban J connectivity index is 1.88. The van der Waals surface area contributed by atoms with Crippen LogP contribution in [0, 0.1) is 24.2 Å². The Kier molecular flexibility index (Phi) is 10.1. The molecule has 8 nitrogen and oxygen atoms in total. The van der Waals surface area contributed by atoms with Gasteiger partial charge in [0.15, 0.2) is 0 Å². The summed E-state index contributed by atoms with van der Waals surface area (Å²) in [6.45, 7) is 11.4. The highest BCUT2D eigenvalue weighted by Crippen LogP contribution is 2.39. The first kappa shape index (κ1) is 29.9. The molecule has 0 aliphatic carbocycles. The topological polar surface area (TPSA) is 120 Å². The van der Waals surface area contributed by atoms with Gasteiger partial charge in [-0.1, -0.05) is 34.1 Å². The van der Waals surface area contributed by atoms with Gasteiger partial charge in [-0.2, -0.15) is 0 Å². The molecule has 2 fully saturated rings. The van der Waals surface area contributed by atoms with Crippen molar-refractivity contribution in [1.29, 1.82) is 0 Å². The third-order valence-corrected chi connectivity index (χ3v) is 9.10. The van der Waals surface area contributed by atoms with Gasteiger partial charge >= 0.3 is 5.97 Å². The predicted octanol–water partition coefficient (Wildman–Crippen LogP) is 3.37. The van der Waals surface area contributed by atoms with Crippen molar-refractivity contribution in [3.63, 3.8) is 0 Å². The smallest absolute Gasteiger partial charge is 0.309 e. The Morgan fingerprint density at radius 3 is 2.57 bits per heavy atom. The van der Waals surface area contributed by atoms with Crippen LogP contribution in [0.5, 0.6) is 0 Å². The second-order valence-electron chi connectivity index (χ2n) is 11.5. The van der Waals surface area contributed by atoms with Crippen molar-refractivity contribution in [2.75, 3.05) is 13.2 Å². The molecule has 2 aliphatic heterocycles. The van der Waals surface area contributed by atoms with Crippen LogP contribution < -0.4 is 0 Å². The van der Waals surface area contributed by atoms with E-state index in [1.165, 1.54) is 0 Å². The summed E-state index contributed by atoms with van der Waals surface area (Å²) in [6, 6.07) is 0.434. The van der Waals surface area contributed by atoms with Crippen molar-refractivity contribution < 1.29 is 29.6 Å². The van der Waals surface area contributed by atoms with E-state index >= 15 is 0 Å². The Morgan fingerprint density at radius 1 is 1.24 bits per heavy atom. The maximum Gasteiger partial charge on any atom is 0.309 e. The number of aliphatic hydroxyl groups is 3. The van der Waals surface area contributed by atoms with Gasteiger partial charge in [0.25, 0.3) is 0 Å². The standard InChI is InChI=1S/C28H44N2O6S/c1-16-8-7-9-21-22(30(21)10-11-31)13-23(17(2)12-20-15-37-19(4)29-20)36-25(33)14-24(32)28(5,6)27(35)18(3)26(16)34/h12,15-16,18,21-24,26,31-32,34H,7-11,13-14H2,1-6H3/b17-12+/t16?,18?,21?,22?,23?,24?,26-,30-/m0/s1. The molecule has 208 valence electrons. The number of aliphatic hydroxyl groups excluding tert-OH is 3. The van der Waals surface area contributed by atoms with E-state index in [1.807, 2.05) is 32.2 Å². The fourth-order valence-corrected chi connectivity index (χ4v) is 6.22. The van der Waals surface area contributed by atoms with Gasteiger partial charge in [-0.25, -0.2) is 4.98 Å². The van der Waals surface area contributed by atoms with E-state index < -0.39 is 35.6 Å². The number of carbonyl (C=O) groups excluding carboxylic acids is 2. The number of ether oxygens (including phenoxy) is 1. The minimum Gasteiger partial charge on any atom is -0.458 e.